The zero-order chi connectivity index (χ0) is 28.0. The number of aromatic nitrogens is 1. The number of aryl methyl sites for hydroxylation is 1. The number of nitrogens with zero attached hydrogens (tertiary/aromatic N) is 1. The number of carbonyl (C=O) groups excluding carboxylic acids is 1. The van der Waals surface area contributed by atoms with Gasteiger partial charge >= 0.3 is 17.9 Å². The average molecular weight is 570 g/mol. The quantitative estimate of drug-likeness (QED) is 0.264. The Bertz CT molecular complexity index is 1600. The Morgan fingerprint density at radius 3 is 2.24 bits per heavy atom. The number of fused-ring (bicyclic) bond motifs is 1. The Morgan fingerprint density at radius 1 is 1.03 bits per heavy atom. The number of rotatable bonds is 6. The molecular formula is C26H20Cl2F3NO6. The third-order valence-electron chi connectivity index (χ3n) is 6.31. The third-order valence-corrected chi connectivity index (χ3v) is 6.95. The lowest BCUT2D eigenvalue weighted by Crippen LogP contribution is -2.46. The zero-order valence-electron chi connectivity index (χ0n) is 20.1. The minimum Gasteiger partial charge on any atom is -0.465 e. The first-order valence-corrected chi connectivity index (χ1v) is 11.8. The van der Waals surface area contributed by atoms with Gasteiger partial charge in [0.2, 0.25) is 0 Å². The minimum atomic E-state index is -5.11. The van der Waals surface area contributed by atoms with E-state index in [2.05, 4.69) is 4.74 Å². The molecule has 38 heavy (non-hydrogen) atoms. The number of benzene rings is 3. The number of carbonyl (C=O) groups is 1. The fourth-order valence-corrected chi connectivity index (χ4v) is 4.72. The van der Waals surface area contributed by atoms with E-state index in [0.717, 1.165) is 16.7 Å². The van der Waals surface area contributed by atoms with E-state index in [1.807, 2.05) is 0 Å². The van der Waals surface area contributed by atoms with Crippen molar-refractivity contribution in [3.63, 3.8) is 0 Å². The van der Waals surface area contributed by atoms with Crippen LogP contribution in [0, 0.1) is 0 Å². The van der Waals surface area contributed by atoms with E-state index < -0.39 is 35.0 Å². The van der Waals surface area contributed by atoms with Crippen LogP contribution in [0.5, 0.6) is 11.5 Å². The molecule has 0 radical (unpaired) electrons. The predicted molar refractivity (Wildman–Crippen MR) is 134 cm³/mol. The van der Waals surface area contributed by atoms with E-state index in [1.165, 1.54) is 63.5 Å². The molecule has 0 saturated carbocycles. The second-order valence-corrected chi connectivity index (χ2v) is 9.33. The van der Waals surface area contributed by atoms with E-state index in [0.29, 0.717) is 0 Å². The van der Waals surface area contributed by atoms with Crippen molar-refractivity contribution in [3.05, 3.63) is 91.9 Å². The van der Waals surface area contributed by atoms with Gasteiger partial charge in [-0.2, -0.15) is 13.2 Å². The van der Waals surface area contributed by atoms with Crippen LogP contribution in [0.3, 0.4) is 0 Å². The highest BCUT2D eigenvalue weighted by molar-refractivity contribution is 6.33. The number of ether oxygens (including phenoxy) is 2. The number of alkyl halides is 3. The molecule has 12 heteroatoms. The molecule has 3 aromatic carbocycles. The van der Waals surface area contributed by atoms with Crippen molar-refractivity contribution in [1.29, 1.82) is 0 Å². The van der Waals surface area contributed by atoms with Gasteiger partial charge in [-0.05, 0) is 47.5 Å². The van der Waals surface area contributed by atoms with Crippen LogP contribution < -0.4 is 10.5 Å². The predicted octanol–water partition coefficient (Wildman–Crippen LogP) is 6.57. The Morgan fingerprint density at radius 2 is 1.66 bits per heavy atom. The normalized spacial score (nSPS) is 14.2. The SMILES string of the molecule is COC(=O)c1ccc(Oc2ccc(C(C)C(O)(c3ccc4oc(=O)n(C)c4c3)C(F)(F)F)c(Cl)c2)cc1Cl. The number of methoxy groups -OCH3 is 1. The molecule has 0 aliphatic heterocycles. The maximum absolute atomic E-state index is 14.4. The topological polar surface area (TPSA) is 90.9 Å². The van der Waals surface area contributed by atoms with E-state index in [1.54, 1.807) is 0 Å². The molecule has 7 nitrogen and oxygen atoms in total. The van der Waals surface area contributed by atoms with Gasteiger partial charge in [0, 0.05) is 24.1 Å². The first-order valence-electron chi connectivity index (χ1n) is 11.0. The summed E-state index contributed by atoms with van der Waals surface area (Å²) in [6.45, 7) is 1.19. The Labute approximate surface area is 223 Å². The number of esters is 1. The summed E-state index contributed by atoms with van der Waals surface area (Å²) in [5, 5.41) is 11.1. The van der Waals surface area contributed by atoms with Crippen molar-refractivity contribution in [2.45, 2.75) is 24.6 Å². The Balaban J connectivity index is 1.69. The van der Waals surface area contributed by atoms with Gasteiger partial charge in [0.05, 0.1) is 23.2 Å². The Kier molecular flexibility index (Phi) is 7.26. The van der Waals surface area contributed by atoms with E-state index >= 15 is 0 Å². The lowest BCUT2D eigenvalue weighted by atomic mass is 9.77. The summed E-state index contributed by atoms with van der Waals surface area (Å²) in [5.74, 6) is -2.53. The van der Waals surface area contributed by atoms with E-state index in [4.69, 9.17) is 32.4 Å². The molecule has 0 saturated heterocycles. The van der Waals surface area contributed by atoms with Crippen molar-refractivity contribution in [3.8, 4) is 11.5 Å². The van der Waals surface area contributed by atoms with E-state index in [9.17, 15) is 27.9 Å². The summed E-state index contributed by atoms with van der Waals surface area (Å²) in [5.41, 5.74) is -3.55. The van der Waals surface area contributed by atoms with Gasteiger partial charge in [0.15, 0.2) is 11.2 Å². The molecule has 1 aromatic heterocycles. The minimum absolute atomic E-state index is 0.000840. The molecule has 4 rings (SSSR count). The molecule has 4 aromatic rings. The van der Waals surface area contributed by atoms with Gasteiger partial charge in [-0.3, -0.25) is 4.57 Å². The van der Waals surface area contributed by atoms with Crippen molar-refractivity contribution in [2.75, 3.05) is 7.11 Å². The first-order chi connectivity index (χ1) is 17.8. The number of aliphatic hydroxyl groups is 1. The van der Waals surface area contributed by atoms with Crippen LogP contribution in [-0.2, 0) is 17.4 Å². The van der Waals surface area contributed by atoms with Gasteiger partial charge in [0.1, 0.15) is 11.5 Å². The lowest BCUT2D eigenvalue weighted by Gasteiger charge is -2.37. The number of halogens is 5. The van der Waals surface area contributed by atoms with Crippen LogP contribution in [0.1, 0.15) is 34.3 Å². The molecule has 1 heterocycles. The molecular weight excluding hydrogens is 550 g/mol. The van der Waals surface area contributed by atoms with Crippen LogP contribution in [0.2, 0.25) is 10.0 Å². The summed E-state index contributed by atoms with van der Waals surface area (Å²) in [7, 11) is 2.56. The second-order valence-electron chi connectivity index (χ2n) is 8.51. The largest absolute Gasteiger partial charge is 0.465 e. The van der Waals surface area contributed by atoms with E-state index in [-0.39, 0.29) is 43.8 Å². The lowest BCUT2D eigenvalue weighted by molar-refractivity contribution is -0.274. The summed E-state index contributed by atoms with van der Waals surface area (Å²) in [4.78, 5) is 23.5. The smallest absolute Gasteiger partial charge is 0.422 e. The van der Waals surface area contributed by atoms with Crippen molar-refractivity contribution in [2.24, 2.45) is 7.05 Å². The van der Waals surface area contributed by atoms with Gasteiger partial charge in [0.25, 0.3) is 0 Å². The highest BCUT2D eigenvalue weighted by atomic mass is 35.5. The molecule has 0 aliphatic carbocycles. The number of hydrogen-bond acceptors (Lipinski definition) is 6. The molecule has 0 aliphatic rings. The van der Waals surface area contributed by atoms with Crippen molar-refractivity contribution < 1.29 is 37.0 Å². The highest BCUT2D eigenvalue weighted by Gasteiger charge is 2.59. The highest BCUT2D eigenvalue weighted by Crippen LogP contribution is 2.50. The number of oxazole rings is 1. The fourth-order valence-electron chi connectivity index (χ4n) is 4.14. The van der Waals surface area contributed by atoms with Crippen LogP contribution in [0.25, 0.3) is 11.1 Å². The average Bonchev–Trinajstić information content (AvgIpc) is 3.14. The molecule has 2 unspecified atom stereocenters. The molecule has 0 spiro atoms. The van der Waals surface area contributed by atoms with Crippen LogP contribution in [-0.4, -0.2) is 28.9 Å². The van der Waals surface area contributed by atoms with Crippen LogP contribution in [0.15, 0.2) is 63.8 Å². The Hall–Kier alpha value is -3.47. The first kappa shape index (κ1) is 27.6. The van der Waals surface area contributed by atoms with Gasteiger partial charge in [-0.25, -0.2) is 9.59 Å². The standard InChI is InChI=1S/C26H20Cl2F3NO6/c1-13(25(35,26(29,30)31)14-4-9-22-21(10-14)32(2)24(34)38-22)17-7-5-15(11-19(17)27)37-16-6-8-18(20(28)12-16)23(33)36-3/h4-13,35H,1-3H3. The molecule has 0 fully saturated rings. The molecule has 0 bridgehead atoms. The molecule has 2 atom stereocenters. The summed E-state index contributed by atoms with van der Waals surface area (Å²) < 4.78 is 59.6. The van der Waals surface area contributed by atoms with Gasteiger partial charge in [-0.1, -0.05) is 42.3 Å². The van der Waals surface area contributed by atoms with Crippen molar-refractivity contribution >= 4 is 40.3 Å². The maximum Gasteiger partial charge on any atom is 0.422 e. The second kappa shape index (κ2) is 10.0. The summed E-state index contributed by atoms with van der Waals surface area (Å²) in [6, 6.07) is 11.6. The zero-order valence-corrected chi connectivity index (χ0v) is 21.6. The molecule has 0 amide bonds. The van der Waals surface area contributed by atoms with Crippen molar-refractivity contribution in [1.82, 2.24) is 4.57 Å². The monoisotopic (exact) mass is 569 g/mol. The molecule has 200 valence electrons. The third kappa shape index (κ3) is 4.75. The maximum atomic E-state index is 14.4. The summed E-state index contributed by atoms with van der Waals surface area (Å²) >= 11 is 12.5. The van der Waals surface area contributed by atoms with Crippen LogP contribution >= 0.6 is 23.2 Å². The van der Waals surface area contributed by atoms with Gasteiger partial charge < -0.3 is 19.0 Å². The fraction of sp³-hybridized carbons (Fsp3) is 0.231. The van der Waals surface area contributed by atoms with Crippen LogP contribution in [0.4, 0.5) is 13.2 Å². The number of hydrogen-bond donors (Lipinski definition) is 1. The molecule has 1 N–H and O–H groups in total. The summed E-state index contributed by atoms with van der Waals surface area (Å²) in [6.07, 6.45) is -5.11. The van der Waals surface area contributed by atoms with Gasteiger partial charge in [-0.15, -0.1) is 0 Å².